The van der Waals surface area contributed by atoms with Crippen LogP contribution in [0.3, 0.4) is 0 Å². The predicted molar refractivity (Wildman–Crippen MR) is 73.4 cm³/mol. The number of benzene rings is 1. The smallest absolute Gasteiger partial charge is 0.301 e. The minimum atomic E-state index is -0.488. The zero-order valence-corrected chi connectivity index (χ0v) is 11.4. The van der Waals surface area contributed by atoms with Crippen LogP contribution >= 0.6 is 11.8 Å². The maximum Gasteiger partial charge on any atom is 0.301 e. The van der Waals surface area contributed by atoms with Crippen LogP contribution in [0.2, 0.25) is 0 Å². The maximum atomic E-state index is 13.2. The number of rotatable bonds is 5. The molecule has 1 aromatic heterocycles. The van der Waals surface area contributed by atoms with Gasteiger partial charge in [0, 0.05) is 23.6 Å². The summed E-state index contributed by atoms with van der Waals surface area (Å²) in [6, 6.07) is 7.07. The van der Waals surface area contributed by atoms with Crippen molar-refractivity contribution in [3.63, 3.8) is 0 Å². The van der Waals surface area contributed by atoms with E-state index >= 15 is 0 Å². The monoisotopic (exact) mass is 294 g/mol. The largest absolute Gasteiger partial charge is 0.496 e. The van der Waals surface area contributed by atoms with Gasteiger partial charge < -0.3 is 4.74 Å². The highest BCUT2D eigenvalue weighted by molar-refractivity contribution is 7.98. The summed E-state index contributed by atoms with van der Waals surface area (Å²) in [5.74, 6) is 0.494. The standard InChI is InChI=1S/C13H11FN2O3S/c1-19-12-5-4-10(14)7-9(12)8-20-13-11(16(17)18)3-2-6-15-13/h2-7H,8H2,1H3. The van der Waals surface area contributed by atoms with Crippen LogP contribution in [0.4, 0.5) is 10.1 Å². The van der Waals surface area contributed by atoms with E-state index in [2.05, 4.69) is 4.98 Å². The number of nitro groups is 1. The summed E-state index contributed by atoms with van der Waals surface area (Å²) in [5.41, 5.74) is 0.560. The van der Waals surface area contributed by atoms with Crippen molar-refractivity contribution in [2.75, 3.05) is 7.11 Å². The highest BCUT2D eigenvalue weighted by Gasteiger charge is 2.15. The Morgan fingerprint density at radius 3 is 2.95 bits per heavy atom. The molecule has 0 N–H and O–H groups in total. The van der Waals surface area contributed by atoms with Crippen molar-refractivity contribution in [2.45, 2.75) is 10.8 Å². The van der Waals surface area contributed by atoms with E-state index in [4.69, 9.17) is 4.74 Å². The van der Waals surface area contributed by atoms with Crippen LogP contribution in [0, 0.1) is 15.9 Å². The minimum Gasteiger partial charge on any atom is -0.496 e. The molecule has 2 aromatic rings. The Morgan fingerprint density at radius 1 is 1.45 bits per heavy atom. The lowest BCUT2D eigenvalue weighted by Gasteiger charge is -2.08. The SMILES string of the molecule is COc1ccc(F)cc1CSc1ncccc1[N+](=O)[O-]. The molecule has 104 valence electrons. The van der Waals surface area contributed by atoms with E-state index in [1.807, 2.05) is 0 Å². The van der Waals surface area contributed by atoms with E-state index in [-0.39, 0.29) is 11.5 Å². The van der Waals surface area contributed by atoms with Gasteiger partial charge in [-0.2, -0.15) is 0 Å². The van der Waals surface area contributed by atoms with Crippen molar-refractivity contribution < 1.29 is 14.1 Å². The Kier molecular flexibility index (Phi) is 4.52. The van der Waals surface area contributed by atoms with Gasteiger partial charge in [-0.15, -0.1) is 0 Å². The predicted octanol–water partition coefficient (Wildman–Crippen LogP) is 3.43. The molecule has 0 atom stereocenters. The number of hydrogen-bond donors (Lipinski definition) is 0. The van der Waals surface area contributed by atoms with E-state index in [0.29, 0.717) is 22.1 Å². The lowest BCUT2D eigenvalue weighted by molar-refractivity contribution is -0.388. The average Bonchev–Trinajstić information content (AvgIpc) is 2.45. The molecule has 0 fully saturated rings. The molecule has 20 heavy (non-hydrogen) atoms. The van der Waals surface area contributed by atoms with Gasteiger partial charge in [-0.25, -0.2) is 9.37 Å². The minimum absolute atomic E-state index is 0.0622. The number of methoxy groups -OCH3 is 1. The van der Waals surface area contributed by atoms with Crippen LogP contribution in [0.5, 0.6) is 5.75 Å². The quantitative estimate of drug-likeness (QED) is 0.480. The molecule has 0 spiro atoms. The van der Waals surface area contributed by atoms with E-state index in [9.17, 15) is 14.5 Å². The molecule has 7 heteroatoms. The Bertz CT molecular complexity index is 637. The molecule has 0 saturated heterocycles. The van der Waals surface area contributed by atoms with Crippen LogP contribution < -0.4 is 4.74 Å². The molecule has 0 bridgehead atoms. The van der Waals surface area contributed by atoms with Gasteiger partial charge in [0.05, 0.1) is 12.0 Å². The summed E-state index contributed by atoms with van der Waals surface area (Å²) in [4.78, 5) is 14.4. The third-order valence-corrected chi connectivity index (χ3v) is 3.60. The number of halogens is 1. The number of nitrogens with zero attached hydrogens (tertiary/aromatic N) is 2. The van der Waals surface area contributed by atoms with Crippen LogP contribution in [-0.2, 0) is 5.75 Å². The molecule has 0 amide bonds. The first-order chi connectivity index (χ1) is 9.61. The molecule has 1 aromatic carbocycles. The highest BCUT2D eigenvalue weighted by atomic mass is 32.2. The summed E-state index contributed by atoms with van der Waals surface area (Å²) in [5, 5.41) is 11.2. The molecule has 0 aliphatic rings. The Hall–Kier alpha value is -2.15. The number of aromatic nitrogens is 1. The fraction of sp³-hybridized carbons (Fsp3) is 0.154. The van der Waals surface area contributed by atoms with Crippen LogP contribution in [0.1, 0.15) is 5.56 Å². The van der Waals surface area contributed by atoms with Crippen molar-refractivity contribution in [3.8, 4) is 5.75 Å². The van der Waals surface area contributed by atoms with Crippen LogP contribution in [0.15, 0.2) is 41.6 Å². The first-order valence-electron chi connectivity index (χ1n) is 5.66. The number of pyridine rings is 1. The molecular formula is C13H11FN2O3S. The van der Waals surface area contributed by atoms with Crippen molar-refractivity contribution in [3.05, 3.63) is 58.0 Å². The lowest BCUT2D eigenvalue weighted by Crippen LogP contribution is -1.95. The molecule has 0 radical (unpaired) electrons. The van der Waals surface area contributed by atoms with Crippen LogP contribution in [-0.4, -0.2) is 17.0 Å². The van der Waals surface area contributed by atoms with Crippen LogP contribution in [0.25, 0.3) is 0 Å². The second kappa shape index (κ2) is 6.33. The van der Waals surface area contributed by atoms with Gasteiger partial charge in [0.1, 0.15) is 11.6 Å². The van der Waals surface area contributed by atoms with E-state index in [0.717, 1.165) is 0 Å². The molecular weight excluding hydrogens is 283 g/mol. The normalized spacial score (nSPS) is 10.3. The van der Waals surface area contributed by atoms with Crippen molar-refractivity contribution in [1.29, 1.82) is 0 Å². The zero-order chi connectivity index (χ0) is 14.5. The summed E-state index contributed by atoms with van der Waals surface area (Å²) in [6.45, 7) is 0. The zero-order valence-electron chi connectivity index (χ0n) is 10.6. The first-order valence-corrected chi connectivity index (χ1v) is 6.65. The fourth-order valence-electron chi connectivity index (χ4n) is 1.64. The van der Waals surface area contributed by atoms with Gasteiger partial charge in [0.25, 0.3) is 0 Å². The molecule has 5 nitrogen and oxygen atoms in total. The Labute approximate surface area is 118 Å². The van der Waals surface area contributed by atoms with E-state index in [1.165, 1.54) is 55.4 Å². The first kappa shape index (κ1) is 14.3. The topological polar surface area (TPSA) is 65.3 Å². The Morgan fingerprint density at radius 2 is 2.25 bits per heavy atom. The second-order valence-electron chi connectivity index (χ2n) is 3.83. The fourth-order valence-corrected chi connectivity index (χ4v) is 2.58. The highest BCUT2D eigenvalue weighted by Crippen LogP contribution is 2.32. The summed E-state index contributed by atoms with van der Waals surface area (Å²) < 4.78 is 18.4. The summed E-state index contributed by atoms with van der Waals surface area (Å²) in [6.07, 6.45) is 1.48. The third kappa shape index (κ3) is 3.24. The van der Waals surface area contributed by atoms with E-state index in [1.54, 1.807) is 0 Å². The average molecular weight is 294 g/mol. The van der Waals surface area contributed by atoms with Crippen molar-refractivity contribution >= 4 is 17.4 Å². The van der Waals surface area contributed by atoms with Gasteiger partial charge in [-0.1, -0.05) is 11.8 Å². The summed E-state index contributed by atoms with van der Waals surface area (Å²) in [7, 11) is 1.49. The summed E-state index contributed by atoms with van der Waals surface area (Å²) >= 11 is 1.17. The van der Waals surface area contributed by atoms with Gasteiger partial charge in [-0.05, 0) is 24.3 Å². The maximum absolute atomic E-state index is 13.2. The molecule has 0 saturated carbocycles. The second-order valence-corrected chi connectivity index (χ2v) is 4.79. The molecule has 0 unspecified atom stereocenters. The molecule has 0 aliphatic heterocycles. The van der Waals surface area contributed by atoms with Crippen molar-refractivity contribution in [2.24, 2.45) is 0 Å². The number of ether oxygens (including phenoxy) is 1. The Balaban J connectivity index is 2.21. The molecule has 1 heterocycles. The van der Waals surface area contributed by atoms with E-state index < -0.39 is 4.92 Å². The van der Waals surface area contributed by atoms with Gasteiger partial charge in [-0.3, -0.25) is 10.1 Å². The third-order valence-electron chi connectivity index (χ3n) is 2.55. The van der Waals surface area contributed by atoms with Gasteiger partial charge in [0.15, 0.2) is 5.03 Å². The van der Waals surface area contributed by atoms with Gasteiger partial charge in [0.2, 0.25) is 0 Å². The van der Waals surface area contributed by atoms with Gasteiger partial charge >= 0.3 is 5.69 Å². The van der Waals surface area contributed by atoms with Crippen molar-refractivity contribution in [1.82, 2.24) is 4.98 Å². The number of hydrogen-bond acceptors (Lipinski definition) is 5. The molecule has 2 rings (SSSR count). The lowest BCUT2D eigenvalue weighted by atomic mass is 10.2. The molecule has 0 aliphatic carbocycles. The number of thioether (sulfide) groups is 1.